The van der Waals surface area contributed by atoms with Gasteiger partial charge in [-0.25, -0.2) is 24.9 Å². The number of hydrogen-bond donors (Lipinski definition) is 0. The molecule has 0 saturated carbocycles. The minimum Gasteiger partial charge on any atom is -0.309 e. The van der Waals surface area contributed by atoms with Crippen LogP contribution in [0.25, 0.3) is 250 Å². The molecule has 141 heavy (non-hydrogen) atoms. The van der Waals surface area contributed by atoms with Gasteiger partial charge in [0.25, 0.3) is 0 Å². The van der Waals surface area contributed by atoms with Gasteiger partial charge < -0.3 is 9.13 Å². The second-order valence-corrected chi connectivity index (χ2v) is 35.4. The van der Waals surface area contributed by atoms with E-state index in [1.165, 1.54) is 126 Å². The van der Waals surface area contributed by atoms with Gasteiger partial charge in [0.05, 0.1) is 55.9 Å². The standard InChI is InChI=1S/2C44H29N3.C43H28N4/c1-4-12-30(13-5-1)34-22-26-37-35(28-34)23-27-42-43(37)38-18-10-11-19-41(38)47(42)36-24-20-33(21-25-36)44-45-39(31-14-6-2-7-15-31)29-40(46-44)32-16-8-3-9-17-32;1-4-12-30(13-5-1)35-21-20-31-24-27-42-43(38(31)28-35)37-18-10-11-19-41(37)47(42)36-25-22-34(23-26-36)44-45-39(32-14-6-2-7-15-32)29-40(46-44)33-16-8-3-9-17-33;1-4-12-29(13-5-1)30-20-22-31(23-21-30)34-24-26-36-35(28-34)25-27-39-40(36)37-18-10-11-19-38(37)47(39)43-45-41(32-14-6-2-7-15-32)44-42(46-43)33-16-8-3-9-17-33/h2*1-29H;1-28H. The Morgan fingerprint density at radius 1 is 0.128 bits per heavy atom. The third-order valence-electron chi connectivity index (χ3n) is 26.9. The molecule has 0 aliphatic carbocycles. The van der Waals surface area contributed by atoms with Crippen LogP contribution in [0.2, 0.25) is 0 Å². The van der Waals surface area contributed by atoms with Crippen LogP contribution in [-0.2, 0) is 0 Å². The second kappa shape index (κ2) is 36.6. The molecule has 0 unspecified atom stereocenters. The van der Waals surface area contributed by atoms with Crippen molar-refractivity contribution in [1.82, 2.24) is 48.6 Å². The normalized spacial score (nSPS) is 11.4. The molecule has 0 radical (unpaired) electrons. The summed E-state index contributed by atoms with van der Waals surface area (Å²) in [6.45, 7) is 0. The van der Waals surface area contributed by atoms with Gasteiger partial charge in [-0.1, -0.05) is 406 Å². The zero-order chi connectivity index (χ0) is 93.5. The van der Waals surface area contributed by atoms with E-state index in [2.05, 4.69) is 402 Å². The smallest absolute Gasteiger partial charge is 0.238 e. The van der Waals surface area contributed by atoms with Gasteiger partial charge in [-0.15, -0.1) is 0 Å². The molecule has 0 atom stereocenters. The molecule has 660 valence electrons. The monoisotopic (exact) mass is 1800 g/mol. The number of aromatic nitrogens is 10. The number of fused-ring (bicyclic) bond motifs is 15. The molecule has 27 rings (SSSR count). The zero-order valence-corrected chi connectivity index (χ0v) is 76.6. The van der Waals surface area contributed by atoms with E-state index in [1.54, 1.807) is 0 Å². The van der Waals surface area contributed by atoms with E-state index in [0.717, 1.165) is 95.1 Å². The molecule has 0 N–H and O–H groups in total. The van der Waals surface area contributed by atoms with E-state index in [4.69, 9.17) is 34.9 Å². The maximum absolute atomic E-state index is 5.08. The van der Waals surface area contributed by atoms with Crippen molar-refractivity contribution < 1.29 is 0 Å². The van der Waals surface area contributed by atoms with E-state index < -0.39 is 0 Å². The quantitative estimate of drug-likeness (QED) is 0.101. The minimum atomic E-state index is 0.596. The highest BCUT2D eigenvalue weighted by Crippen LogP contribution is 2.45. The number of nitrogens with zero attached hydrogens (tertiary/aromatic N) is 10. The summed E-state index contributed by atoms with van der Waals surface area (Å²) < 4.78 is 6.93. The number of para-hydroxylation sites is 3. The molecule has 0 fully saturated rings. The first-order chi connectivity index (χ1) is 69.9. The van der Waals surface area contributed by atoms with Gasteiger partial charge in [0.1, 0.15) is 0 Å². The fourth-order valence-corrected chi connectivity index (χ4v) is 20.0. The third-order valence-corrected chi connectivity index (χ3v) is 26.9. The van der Waals surface area contributed by atoms with Crippen LogP contribution >= 0.6 is 0 Å². The molecular weight excluding hydrogens is 1710 g/mol. The summed E-state index contributed by atoms with van der Waals surface area (Å²) in [5, 5.41) is 14.8. The first-order valence-electron chi connectivity index (χ1n) is 47.6. The van der Waals surface area contributed by atoms with Crippen LogP contribution in [0.4, 0.5) is 0 Å². The Bertz CT molecular complexity index is 9160. The summed E-state index contributed by atoms with van der Waals surface area (Å²) in [5.41, 5.74) is 30.5. The van der Waals surface area contributed by atoms with Crippen LogP contribution in [-0.4, -0.2) is 48.6 Å². The van der Waals surface area contributed by atoms with Gasteiger partial charge in [0, 0.05) is 88.2 Å². The minimum absolute atomic E-state index is 0.596. The average molecular weight is 1800 g/mol. The lowest BCUT2D eigenvalue weighted by Crippen LogP contribution is -2.06. The molecule has 0 spiro atoms. The van der Waals surface area contributed by atoms with E-state index in [9.17, 15) is 0 Å². The van der Waals surface area contributed by atoms with E-state index in [0.29, 0.717) is 29.2 Å². The Labute approximate surface area is 814 Å². The van der Waals surface area contributed by atoms with Crippen molar-refractivity contribution in [2.75, 3.05) is 0 Å². The molecule has 0 aliphatic rings. The van der Waals surface area contributed by atoms with Gasteiger partial charge in [0.2, 0.25) is 5.95 Å². The molecule has 6 heterocycles. The van der Waals surface area contributed by atoms with Crippen molar-refractivity contribution in [3.05, 3.63) is 522 Å². The summed E-state index contributed by atoms with van der Waals surface area (Å²) >= 11 is 0. The van der Waals surface area contributed by atoms with Crippen LogP contribution in [0.15, 0.2) is 522 Å². The van der Waals surface area contributed by atoms with Crippen LogP contribution < -0.4 is 0 Å². The van der Waals surface area contributed by atoms with Crippen molar-refractivity contribution in [3.8, 4) is 152 Å². The SMILES string of the molecule is c1ccc(-c2ccc(-c3ccc4c(ccc5c4c4ccccc4n5-c4nc(-c5ccccc5)nc(-c5ccccc5)n4)c3)cc2)cc1.c1ccc(-c2ccc3c(ccc4c3c3ccccc3n4-c3ccc(-c4nc(-c5ccccc5)cc(-c5ccccc5)n4)cc3)c2)cc1.c1ccc(-c2ccc3ccc4c(c3c2)c2ccccc2n4-c2ccc(-c3nc(-c4ccccc4)cc(-c4ccccc4)n3)cc2)cc1. The second-order valence-electron chi connectivity index (χ2n) is 35.4. The zero-order valence-electron chi connectivity index (χ0n) is 76.6. The molecule has 6 aromatic heterocycles. The van der Waals surface area contributed by atoms with Crippen LogP contribution in [0.1, 0.15) is 0 Å². The third kappa shape index (κ3) is 16.1. The summed E-state index contributed by atoms with van der Waals surface area (Å²) in [6.07, 6.45) is 0. The van der Waals surface area contributed by atoms with Crippen molar-refractivity contribution in [2.45, 2.75) is 0 Å². The first kappa shape index (κ1) is 83.8. The molecule has 21 aromatic carbocycles. The molecule has 10 nitrogen and oxygen atoms in total. The van der Waals surface area contributed by atoms with Gasteiger partial charge in [-0.3, -0.25) is 4.57 Å². The Kier molecular flexibility index (Phi) is 21.8. The molecule has 27 aromatic rings. The Morgan fingerprint density at radius 2 is 0.369 bits per heavy atom. The first-order valence-corrected chi connectivity index (χ1v) is 47.6. The summed E-state index contributed by atoms with van der Waals surface area (Å²) in [4.78, 5) is 35.2. The lowest BCUT2D eigenvalue weighted by molar-refractivity contribution is 0.953. The summed E-state index contributed by atoms with van der Waals surface area (Å²) in [6, 6.07) is 183. The lowest BCUT2D eigenvalue weighted by atomic mass is 9.97. The predicted octanol–water partition coefficient (Wildman–Crippen LogP) is 33.6. The molecule has 0 aliphatic heterocycles. The molecule has 0 amide bonds. The maximum Gasteiger partial charge on any atom is 0.238 e. The van der Waals surface area contributed by atoms with Gasteiger partial charge in [-0.05, 0) is 192 Å². The maximum atomic E-state index is 5.08. The van der Waals surface area contributed by atoms with Crippen molar-refractivity contribution >= 4 is 97.7 Å². The highest BCUT2D eigenvalue weighted by molar-refractivity contribution is 6.24. The van der Waals surface area contributed by atoms with Gasteiger partial charge >= 0.3 is 0 Å². The summed E-state index contributed by atoms with van der Waals surface area (Å²) in [5.74, 6) is 3.30. The predicted molar refractivity (Wildman–Crippen MR) is 585 cm³/mol. The van der Waals surface area contributed by atoms with Gasteiger partial charge in [0.15, 0.2) is 23.3 Å². The molecule has 10 heteroatoms. The van der Waals surface area contributed by atoms with Crippen LogP contribution in [0.3, 0.4) is 0 Å². The van der Waals surface area contributed by atoms with Crippen LogP contribution in [0.5, 0.6) is 0 Å². The molecule has 0 saturated heterocycles. The topological polar surface area (TPSA) is 105 Å². The van der Waals surface area contributed by atoms with Crippen molar-refractivity contribution in [3.63, 3.8) is 0 Å². The van der Waals surface area contributed by atoms with Crippen molar-refractivity contribution in [2.24, 2.45) is 0 Å². The van der Waals surface area contributed by atoms with Crippen molar-refractivity contribution in [1.29, 1.82) is 0 Å². The lowest BCUT2D eigenvalue weighted by Gasteiger charge is -2.11. The van der Waals surface area contributed by atoms with E-state index >= 15 is 0 Å². The Balaban J connectivity index is 0.000000111. The number of rotatable bonds is 15. The highest BCUT2D eigenvalue weighted by Gasteiger charge is 2.24. The van der Waals surface area contributed by atoms with E-state index in [1.807, 2.05) is 133 Å². The molecular formula is C131H86N10. The molecule has 0 bridgehead atoms. The summed E-state index contributed by atoms with van der Waals surface area (Å²) in [7, 11) is 0. The highest BCUT2D eigenvalue weighted by atomic mass is 15.2. The van der Waals surface area contributed by atoms with Crippen LogP contribution in [0, 0.1) is 0 Å². The fourth-order valence-electron chi connectivity index (χ4n) is 20.0. The number of benzene rings is 21. The van der Waals surface area contributed by atoms with Gasteiger partial charge in [-0.2, -0.15) is 9.97 Å². The largest absolute Gasteiger partial charge is 0.309 e. The fraction of sp³-hybridized carbons (Fsp3) is 0. The van der Waals surface area contributed by atoms with E-state index in [-0.39, 0.29) is 0 Å². The average Bonchev–Trinajstić information content (AvgIpc) is 1.58. The Hall–Kier alpha value is -19.0. The number of hydrogen-bond acceptors (Lipinski definition) is 7. The Morgan fingerprint density at radius 3 is 0.738 bits per heavy atom.